The number of pyridine rings is 1. The van der Waals surface area contributed by atoms with Gasteiger partial charge >= 0.3 is 0 Å². The third kappa shape index (κ3) is 4.30. The summed E-state index contributed by atoms with van der Waals surface area (Å²) in [4.78, 5) is 19.4. The number of aromatic nitrogens is 2. The highest BCUT2D eigenvalue weighted by molar-refractivity contribution is 7.98. The molecule has 2 heterocycles. The molecule has 2 aromatic heterocycles. The van der Waals surface area contributed by atoms with Crippen molar-refractivity contribution in [1.82, 2.24) is 14.3 Å². The van der Waals surface area contributed by atoms with Crippen molar-refractivity contribution < 1.29 is 13.6 Å². The predicted octanol–water partition coefficient (Wildman–Crippen LogP) is 4.50. The van der Waals surface area contributed by atoms with Crippen molar-refractivity contribution in [3.8, 4) is 0 Å². The smallest absolute Gasteiger partial charge is 0.255 e. The summed E-state index contributed by atoms with van der Waals surface area (Å²) in [6.07, 6.45) is 3.08. The Labute approximate surface area is 160 Å². The number of hydrogen-bond donors (Lipinski definition) is 0. The second-order valence-corrected chi connectivity index (χ2v) is 7.64. The number of imidazole rings is 1. The van der Waals surface area contributed by atoms with E-state index in [0.29, 0.717) is 11.3 Å². The van der Waals surface area contributed by atoms with E-state index in [1.54, 1.807) is 23.9 Å². The Hall–Kier alpha value is -2.41. The van der Waals surface area contributed by atoms with Gasteiger partial charge in [0.25, 0.3) is 12.3 Å². The van der Waals surface area contributed by atoms with Crippen molar-refractivity contribution in [2.75, 3.05) is 6.54 Å². The second-order valence-electron chi connectivity index (χ2n) is 6.59. The van der Waals surface area contributed by atoms with Crippen LogP contribution in [0.4, 0.5) is 8.78 Å². The lowest BCUT2D eigenvalue weighted by molar-refractivity contribution is 0.0534. The summed E-state index contributed by atoms with van der Waals surface area (Å²) in [5.74, 6) is 0.406. The normalized spacial score (nSPS) is 14.0. The minimum absolute atomic E-state index is 0.0319. The minimum Gasteiger partial charge on any atom is -0.330 e. The maximum atomic E-state index is 12.7. The average Bonchev–Trinajstić information content (AvgIpc) is 3.43. The van der Waals surface area contributed by atoms with Crippen molar-refractivity contribution in [3.05, 3.63) is 66.1 Å². The van der Waals surface area contributed by atoms with Crippen LogP contribution in [0.5, 0.6) is 0 Å². The average molecular weight is 387 g/mol. The third-order valence-electron chi connectivity index (χ3n) is 4.49. The molecule has 1 aliphatic rings. The summed E-state index contributed by atoms with van der Waals surface area (Å²) in [7, 11) is 0. The monoisotopic (exact) mass is 387 g/mol. The van der Waals surface area contributed by atoms with E-state index in [1.807, 2.05) is 47.1 Å². The highest BCUT2D eigenvalue weighted by Gasteiger charge is 2.34. The molecule has 0 spiro atoms. The van der Waals surface area contributed by atoms with Gasteiger partial charge in [-0.2, -0.15) is 0 Å². The van der Waals surface area contributed by atoms with Crippen LogP contribution in [0.3, 0.4) is 0 Å². The fraction of sp³-hybridized carbons (Fsp3) is 0.300. The summed E-state index contributed by atoms with van der Waals surface area (Å²) in [5, 5.41) is 0. The van der Waals surface area contributed by atoms with E-state index >= 15 is 0 Å². The molecule has 0 saturated heterocycles. The van der Waals surface area contributed by atoms with Gasteiger partial charge in [-0.1, -0.05) is 6.07 Å². The van der Waals surface area contributed by atoms with Crippen molar-refractivity contribution in [2.45, 2.75) is 36.0 Å². The highest BCUT2D eigenvalue weighted by atomic mass is 32.2. The van der Waals surface area contributed by atoms with Crippen LogP contribution in [0.15, 0.2) is 59.8 Å². The lowest BCUT2D eigenvalue weighted by atomic mass is 10.2. The van der Waals surface area contributed by atoms with Crippen LogP contribution in [-0.4, -0.2) is 39.2 Å². The van der Waals surface area contributed by atoms with E-state index in [1.165, 1.54) is 4.90 Å². The lowest BCUT2D eigenvalue weighted by Crippen LogP contribution is -2.36. The van der Waals surface area contributed by atoms with E-state index < -0.39 is 13.0 Å². The van der Waals surface area contributed by atoms with E-state index in [9.17, 15) is 13.6 Å². The van der Waals surface area contributed by atoms with Gasteiger partial charge in [-0.3, -0.25) is 4.79 Å². The zero-order valence-corrected chi connectivity index (χ0v) is 15.4. The Morgan fingerprint density at radius 3 is 2.67 bits per heavy atom. The summed E-state index contributed by atoms with van der Waals surface area (Å²) < 4.78 is 27.5. The zero-order chi connectivity index (χ0) is 18.8. The molecule has 7 heteroatoms. The van der Waals surface area contributed by atoms with Gasteiger partial charge in [-0.05, 0) is 49.2 Å². The zero-order valence-electron chi connectivity index (χ0n) is 14.6. The molecular formula is C20H19F2N3OS. The number of halogens is 2. The van der Waals surface area contributed by atoms with Crippen molar-refractivity contribution in [1.29, 1.82) is 0 Å². The number of nitrogens with zero attached hydrogens (tertiary/aromatic N) is 3. The molecule has 1 aliphatic carbocycles. The quantitative estimate of drug-likeness (QED) is 0.561. The molecule has 0 N–H and O–H groups in total. The summed E-state index contributed by atoms with van der Waals surface area (Å²) >= 11 is 1.63. The van der Waals surface area contributed by atoms with Crippen LogP contribution in [0.25, 0.3) is 5.65 Å². The minimum atomic E-state index is -2.50. The van der Waals surface area contributed by atoms with E-state index in [4.69, 9.17) is 0 Å². The topological polar surface area (TPSA) is 37.6 Å². The highest BCUT2D eigenvalue weighted by Crippen LogP contribution is 2.29. The number of amides is 1. The van der Waals surface area contributed by atoms with Gasteiger partial charge in [0.15, 0.2) is 0 Å². The molecule has 0 unspecified atom stereocenters. The molecule has 1 amide bonds. The number of alkyl halides is 2. The Bertz CT molecular complexity index is 905. The number of rotatable bonds is 7. The fourth-order valence-electron chi connectivity index (χ4n) is 3.01. The van der Waals surface area contributed by atoms with Crippen molar-refractivity contribution in [2.24, 2.45) is 0 Å². The number of thioether (sulfide) groups is 1. The molecule has 0 atom stereocenters. The standard InChI is InChI=1S/C20H19F2N3OS/c21-18(22)12-25(16-6-7-16)20(26)14-4-8-17(9-5-14)27-13-15-11-24-10-2-1-3-19(24)23-15/h1-5,8-11,16,18H,6-7,12-13H2. The molecule has 0 aliphatic heterocycles. The summed E-state index contributed by atoms with van der Waals surface area (Å²) in [5.41, 5.74) is 2.34. The fourth-order valence-corrected chi connectivity index (χ4v) is 3.79. The molecule has 4 rings (SSSR count). The van der Waals surface area contributed by atoms with Gasteiger partial charge in [0.1, 0.15) is 5.65 Å². The molecule has 1 saturated carbocycles. The number of carbonyl (C=O) groups is 1. The number of benzene rings is 1. The largest absolute Gasteiger partial charge is 0.330 e. The van der Waals surface area contributed by atoms with Gasteiger partial charge in [0.05, 0.1) is 12.2 Å². The maximum Gasteiger partial charge on any atom is 0.255 e. The first-order valence-electron chi connectivity index (χ1n) is 8.85. The van der Waals surface area contributed by atoms with Crippen LogP contribution >= 0.6 is 11.8 Å². The molecule has 140 valence electrons. The predicted molar refractivity (Wildman–Crippen MR) is 101 cm³/mol. The van der Waals surface area contributed by atoms with Crippen molar-refractivity contribution in [3.63, 3.8) is 0 Å². The lowest BCUT2D eigenvalue weighted by Gasteiger charge is -2.22. The van der Waals surface area contributed by atoms with E-state index in [-0.39, 0.29) is 11.9 Å². The van der Waals surface area contributed by atoms with Gasteiger partial charge < -0.3 is 9.30 Å². The Balaban J connectivity index is 1.40. The molecule has 1 aromatic carbocycles. The summed E-state index contributed by atoms with van der Waals surface area (Å²) in [6, 6.07) is 13.0. The van der Waals surface area contributed by atoms with Gasteiger partial charge in [0.2, 0.25) is 0 Å². The van der Waals surface area contributed by atoms with E-state index in [0.717, 1.165) is 29.1 Å². The third-order valence-corrected chi connectivity index (χ3v) is 5.53. The van der Waals surface area contributed by atoms with Crippen LogP contribution in [0.1, 0.15) is 28.9 Å². The maximum absolute atomic E-state index is 12.7. The van der Waals surface area contributed by atoms with Gasteiger partial charge in [-0.25, -0.2) is 13.8 Å². The van der Waals surface area contributed by atoms with Crippen LogP contribution in [-0.2, 0) is 5.75 Å². The number of hydrogen-bond acceptors (Lipinski definition) is 3. The molecule has 27 heavy (non-hydrogen) atoms. The van der Waals surface area contributed by atoms with Crippen LogP contribution in [0, 0.1) is 0 Å². The Morgan fingerprint density at radius 1 is 1.22 bits per heavy atom. The molecule has 4 nitrogen and oxygen atoms in total. The Kier molecular flexibility index (Phi) is 5.11. The van der Waals surface area contributed by atoms with Crippen LogP contribution in [0.2, 0.25) is 0 Å². The molecule has 3 aromatic rings. The molecule has 1 fully saturated rings. The summed E-state index contributed by atoms with van der Waals surface area (Å²) in [6.45, 7) is -0.492. The molecule has 0 bridgehead atoms. The van der Waals surface area contributed by atoms with Crippen LogP contribution < -0.4 is 0 Å². The first-order chi connectivity index (χ1) is 13.1. The Morgan fingerprint density at radius 2 is 2.00 bits per heavy atom. The van der Waals surface area contributed by atoms with Gasteiger partial charge in [-0.15, -0.1) is 11.8 Å². The molecular weight excluding hydrogens is 368 g/mol. The first-order valence-corrected chi connectivity index (χ1v) is 9.83. The molecule has 0 radical (unpaired) electrons. The second kappa shape index (κ2) is 7.68. The SMILES string of the molecule is O=C(c1ccc(SCc2cn3ccccc3n2)cc1)N(CC(F)F)C1CC1. The number of carbonyl (C=O) groups excluding carboxylic acids is 1. The van der Waals surface area contributed by atoms with E-state index in [2.05, 4.69) is 4.98 Å². The number of fused-ring (bicyclic) bond motifs is 1. The first kappa shape index (κ1) is 18.0. The van der Waals surface area contributed by atoms with Crippen molar-refractivity contribution >= 4 is 23.3 Å². The van der Waals surface area contributed by atoms with Gasteiger partial charge in [0, 0.05) is 34.6 Å².